The molecule has 0 bridgehead atoms. The van der Waals surface area contributed by atoms with Crippen LogP contribution >= 0.6 is 0 Å². The van der Waals surface area contributed by atoms with Gasteiger partial charge in [0.25, 0.3) is 0 Å². The van der Waals surface area contributed by atoms with Crippen LogP contribution < -0.4 is 0 Å². The summed E-state index contributed by atoms with van der Waals surface area (Å²) in [4.78, 5) is 24.5. The second-order valence-electron chi connectivity index (χ2n) is 20.8. The number of hydrogen-bond donors (Lipinski definition) is 1. The fourth-order valence-corrected chi connectivity index (χ4v) is 9.03. The number of hydrogen-bond acceptors (Lipinski definition) is 5. The Morgan fingerprint density at radius 3 is 0.903 bits per heavy atom. The van der Waals surface area contributed by atoms with E-state index in [0.717, 1.165) is 96.3 Å². The number of ether oxygens (including phenoxy) is 2. The van der Waals surface area contributed by atoms with Gasteiger partial charge in [0.1, 0.15) is 6.61 Å². The zero-order valence-corrected chi connectivity index (χ0v) is 47.7. The molecule has 5 nitrogen and oxygen atoms in total. The summed E-state index contributed by atoms with van der Waals surface area (Å²) in [5, 5.41) is 9.66. The molecule has 0 saturated carbocycles. The molecule has 1 N–H and O–H groups in total. The summed E-state index contributed by atoms with van der Waals surface area (Å²) in [6, 6.07) is 0. The topological polar surface area (TPSA) is 72.8 Å². The highest BCUT2D eigenvalue weighted by Gasteiger charge is 2.16. The zero-order valence-electron chi connectivity index (χ0n) is 47.7. The van der Waals surface area contributed by atoms with Crippen LogP contribution in [0, 0.1) is 0 Å². The zero-order chi connectivity index (χ0) is 52.0. The van der Waals surface area contributed by atoms with Crippen LogP contribution in [0.3, 0.4) is 0 Å². The van der Waals surface area contributed by atoms with Crippen molar-refractivity contribution in [3.63, 3.8) is 0 Å². The molecule has 0 aliphatic rings. The minimum atomic E-state index is -0.786. The van der Waals surface area contributed by atoms with Crippen molar-refractivity contribution >= 4 is 11.9 Å². The highest BCUT2D eigenvalue weighted by Crippen LogP contribution is 2.17. The minimum absolute atomic E-state index is 0.0747. The van der Waals surface area contributed by atoms with Crippen molar-refractivity contribution in [1.82, 2.24) is 0 Å². The van der Waals surface area contributed by atoms with Crippen LogP contribution in [0.1, 0.15) is 309 Å². The first-order chi connectivity index (χ1) is 35.6. The van der Waals surface area contributed by atoms with Crippen molar-refractivity contribution in [2.24, 2.45) is 0 Å². The molecule has 0 aliphatic heterocycles. The molecule has 1 atom stereocenters. The molecule has 0 aromatic carbocycles. The first-order valence-electron chi connectivity index (χ1n) is 31.1. The van der Waals surface area contributed by atoms with Gasteiger partial charge in [0.15, 0.2) is 6.10 Å². The normalized spacial score (nSPS) is 12.8. The third kappa shape index (κ3) is 59.6. The second-order valence-corrected chi connectivity index (χ2v) is 20.8. The first kappa shape index (κ1) is 69.1. The quantitative estimate of drug-likeness (QED) is 0.0373. The van der Waals surface area contributed by atoms with Crippen molar-refractivity contribution in [2.45, 2.75) is 315 Å². The number of unbranched alkanes of at least 4 members (excludes halogenated alkanes) is 35. The Bertz CT molecular complexity index is 1320. The van der Waals surface area contributed by atoms with Crippen LogP contribution in [0.5, 0.6) is 0 Å². The SMILES string of the molecule is CC/C=C\C/C=C\C/C=C\C/C=C\C/C=C\CCCCCCCC(=O)OC(CO)COC(=O)CCCCCCCCCCCCCCCCCCCCCCCCCCC/C=C\C/C=C\CCCCCCC. The third-order valence-electron chi connectivity index (χ3n) is 13.7. The standard InChI is InChI=1S/C67H118O5/c1-3-5-7-9-11-13-15-17-19-21-23-25-26-27-28-29-30-31-32-33-34-35-36-37-38-39-40-42-43-45-47-49-51-53-55-57-59-61-66(69)71-64-65(63-68)72-67(70)62-60-58-56-54-52-50-48-46-44-41-24-22-20-18-16-14-12-10-8-6-4-2/h6,8,12,14-15,17-18,20-21,23-24,41,46,48,65,68H,3-5,7,9-11,13,16,19,22,25-40,42-45,47,49-64H2,1-2H3/b8-6-,14-12-,17-15-,20-18-,23-21-,41-24-,48-46-. The van der Waals surface area contributed by atoms with E-state index in [0.29, 0.717) is 12.8 Å². The predicted octanol–water partition coefficient (Wildman–Crippen LogP) is 21.3. The van der Waals surface area contributed by atoms with E-state index in [9.17, 15) is 14.7 Å². The lowest BCUT2D eigenvalue weighted by atomic mass is 10.0. The number of carbonyl (C=O) groups is 2. The van der Waals surface area contributed by atoms with E-state index in [4.69, 9.17) is 9.47 Å². The average molecular weight is 1000 g/mol. The summed E-state index contributed by atoms with van der Waals surface area (Å²) in [5.41, 5.74) is 0. The molecule has 0 amide bonds. The summed E-state index contributed by atoms with van der Waals surface area (Å²) >= 11 is 0. The van der Waals surface area contributed by atoms with Gasteiger partial charge in [-0.3, -0.25) is 9.59 Å². The van der Waals surface area contributed by atoms with Gasteiger partial charge in [-0.25, -0.2) is 0 Å². The Morgan fingerprint density at radius 2 is 0.597 bits per heavy atom. The van der Waals surface area contributed by atoms with Crippen molar-refractivity contribution in [1.29, 1.82) is 0 Å². The van der Waals surface area contributed by atoms with Gasteiger partial charge < -0.3 is 14.6 Å². The molecular formula is C67H118O5. The maximum Gasteiger partial charge on any atom is 0.306 e. The molecule has 0 spiro atoms. The molecule has 0 aromatic rings. The van der Waals surface area contributed by atoms with Gasteiger partial charge in [-0.1, -0.05) is 292 Å². The molecule has 5 heteroatoms. The van der Waals surface area contributed by atoms with Gasteiger partial charge in [0.05, 0.1) is 6.61 Å². The summed E-state index contributed by atoms with van der Waals surface area (Å²) in [6.45, 7) is 4.03. The molecule has 0 saturated heterocycles. The highest BCUT2D eigenvalue weighted by atomic mass is 16.6. The van der Waals surface area contributed by atoms with E-state index in [1.807, 2.05) is 0 Å². The van der Waals surface area contributed by atoms with E-state index in [1.54, 1.807) is 0 Å². The lowest BCUT2D eigenvalue weighted by Gasteiger charge is -2.15. The Balaban J connectivity index is 3.44. The third-order valence-corrected chi connectivity index (χ3v) is 13.7. The molecule has 0 rings (SSSR count). The molecule has 1 unspecified atom stereocenters. The Labute approximate surface area is 447 Å². The average Bonchev–Trinajstić information content (AvgIpc) is 3.38. The van der Waals surface area contributed by atoms with E-state index < -0.39 is 6.10 Å². The number of allylic oxidation sites excluding steroid dienone is 14. The maximum absolute atomic E-state index is 12.3. The number of aliphatic hydroxyl groups excluding tert-OH is 1. The molecule has 72 heavy (non-hydrogen) atoms. The molecule has 0 radical (unpaired) electrons. The lowest BCUT2D eigenvalue weighted by molar-refractivity contribution is -0.161. The number of carbonyl (C=O) groups excluding carboxylic acids is 2. The Hall–Kier alpha value is -2.92. The van der Waals surface area contributed by atoms with E-state index in [-0.39, 0.29) is 25.2 Å². The fourth-order valence-electron chi connectivity index (χ4n) is 9.03. The maximum atomic E-state index is 12.3. The van der Waals surface area contributed by atoms with Gasteiger partial charge in [-0.2, -0.15) is 0 Å². The van der Waals surface area contributed by atoms with E-state index >= 15 is 0 Å². The summed E-state index contributed by atoms with van der Waals surface area (Å²) in [7, 11) is 0. The smallest absolute Gasteiger partial charge is 0.306 e. The van der Waals surface area contributed by atoms with E-state index in [2.05, 4.69) is 98.9 Å². The number of esters is 2. The minimum Gasteiger partial charge on any atom is -0.462 e. The van der Waals surface area contributed by atoms with Gasteiger partial charge in [-0.15, -0.1) is 0 Å². The summed E-state index contributed by atoms with van der Waals surface area (Å²) < 4.78 is 10.7. The van der Waals surface area contributed by atoms with Crippen LogP contribution in [0.4, 0.5) is 0 Å². The molecular weight excluding hydrogens is 885 g/mol. The summed E-state index contributed by atoms with van der Waals surface area (Å²) in [6.07, 6.45) is 87.3. The van der Waals surface area contributed by atoms with Crippen LogP contribution in [-0.2, 0) is 19.1 Å². The Morgan fingerprint density at radius 1 is 0.333 bits per heavy atom. The van der Waals surface area contributed by atoms with Crippen molar-refractivity contribution in [3.8, 4) is 0 Å². The fraction of sp³-hybridized carbons (Fsp3) is 0.761. The second kappa shape index (κ2) is 62.4. The van der Waals surface area contributed by atoms with Crippen molar-refractivity contribution in [2.75, 3.05) is 13.2 Å². The van der Waals surface area contributed by atoms with Crippen LogP contribution in [0.15, 0.2) is 85.1 Å². The molecule has 0 aliphatic carbocycles. The monoisotopic (exact) mass is 1000 g/mol. The van der Waals surface area contributed by atoms with Crippen LogP contribution in [-0.4, -0.2) is 36.4 Å². The van der Waals surface area contributed by atoms with Gasteiger partial charge in [0, 0.05) is 12.8 Å². The van der Waals surface area contributed by atoms with Gasteiger partial charge in [-0.05, 0) is 89.9 Å². The van der Waals surface area contributed by atoms with Gasteiger partial charge >= 0.3 is 11.9 Å². The Kier molecular flexibility index (Phi) is 59.8. The molecule has 416 valence electrons. The van der Waals surface area contributed by atoms with Crippen molar-refractivity contribution in [3.05, 3.63) is 85.1 Å². The van der Waals surface area contributed by atoms with Crippen LogP contribution in [0.25, 0.3) is 0 Å². The predicted molar refractivity (Wildman–Crippen MR) is 316 cm³/mol. The van der Waals surface area contributed by atoms with Gasteiger partial charge in [0.2, 0.25) is 0 Å². The number of aliphatic hydroxyl groups is 1. The van der Waals surface area contributed by atoms with E-state index in [1.165, 1.54) is 186 Å². The number of rotatable bonds is 57. The summed E-state index contributed by atoms with van der Waals surface area (Å²) in [5.74, 6) is -0.604. The molecule has 0 fully saturated rings. The highest BCUT2D eigenvalue weighted by molar-refractivity contribution is 5.70. The van der Waals surface area contributed by atoms with Crippen LogP contribution in [0.2, 0.25) is 0 Å². The van der Waals surface area contributed by atoms with Crippen molar-refractivity contribution < 1.29 is 24.2 Å². The first-order valence-corrected chi connectivity index (χ1v) is 31.1. The largest absolute Gasteiger partial charge is 0.462 e. The molecule has 0 heterocycles. The molecule has 0 aromatic heterocycles. The lowest BCUT2D eigenvalue weighted by Crippen LogP contribution is -2.28.